The smallest absolute Gasteiger partial charge is 0.309 e. The van der Waals surface area contributed by atoms with E-state index in [1.54, 1.807) is 0 Å². The van der Waals surface area contributed by atoms with Gasteiger partial charge in [0, 0.05) is 0 Å². The molecule has 0 amide bonds. The molecule has 0 aliphatic heterocycles. The van der Waals surface area contributed by atoms with Gasteiger partial charge in [-0.2, -0.15) is 0 Å². The third kappa shape index (κ3) is 2.65. The van der Waals surface area contributed by atoms with Gasteiger partial charge in [-0.25, -0.2) is 0 Å². The van der Waals surface area contributed by atoms with Crippen LogP contribution >= 0.6 is 0 Å². The molecule has 6 atom stereocenters. The minimum atomic E-state index is -0.354. The van der Waals surface area contributed by atoms with E-state index in [4.69, 9.17) is 4.74 Å². The summed E-state index contributed by atoms with van der Waals surface area (Å²) >= 11 is 0. The van der Waals surface area contributed by atoms with Crippen LogP contribution < -0.4 is 0 Å². The molecule has 0 saturated heterocycles. The van der Waals surface area contributed by atoms with Crippen LogP contribution in [0.2, 0.25) is 0 Å². The maximum Gasteiger partial charge on any atom is 0.309 e. The van der Waals surface area contributed by atoms with E-state index in [-0.39, 0.29) is 23.4 Å². The summed E-state index contributed by atoms with van der Waals surface area (Å²) in [5.74, 6) is 0.990. The molecular formula is C20H32O3. The fourth-order valence-electron chi connectivity index (χ4n) is 5.84. The van der Waals surface area contributed by atoms with Gasteiger partial charge in [-0.15, -0.1) is 0 Å². The topological polar surface area (TPSA) is 46.5 Å². The normalized spacial score (nSPS) is 47.2. The first-order valence-electron chi connectivity index (χ1n) is 9.25. The molecule has 3 fully saturated rings. The number of hydrogen-bond donors (Lipinski definition) is 1. The highest BCUT2D eigenvalue weighted by atomic mass is 16.5. The number of ether oxygens (including phenoxy) is 1. The number of allylic oxidation sites excluding steroid dienone is 1. The minimum absolute atomic E-state index is 0.0302. The summed E-state index contributed by atoms with van der Waals surface area (Å²) in [6.07, 6.45) is 7.96. The maximum atomic E-state index is 12.4. The van der Waals surface area contributed by atoms with Gasteiger partial charge in [0.15, 0.2) is 0 Å². The Morgan fingerprint density at radius 3 is 2.61 bits per heavy atom. The van der Waals surface area contributed by atoms with Crippen LogP contribution in [0.25, 0.3) is 0 Å². The summed E-state index contributed by atoms with van der Waals surface area (Å²) in [7, 11) is 1.47. The van der Waals surface area contributed by atoms with E-state index in [9.17, 15) is 9.90 Å². The van der Waals surface area contributed by atoms with Crippen molar-refractivity contribution in [3.63, 3.8) is 0 Å². The molecule has 1 N–H and O–H groups in total. The molecule has 0 spiro atoms. The molecule has 0 aromatic rings. The van der Waals surface area contributed by atoms with Crippen LogP contribution in [0.3, 0.4) is 0 Å². The molecule has 0 aromatic heterocycles. The van der Waals surface area contributed by atoms with Gasteiger partial charge in [-0.05, 0) is 74.0 Å². The lowest BCUT2D eigenvalue weighted by Gasteiger charge is -2.52. The highest BCUT2D eigenvalue weighted by Crippen LogP contribution is 2.61. The van der Waals surface area contributed by atoms with E-state index >= 15 is 0 Å². The number of aliphatic hydroxyl groups excluding tert-OH is 1. The lowest BCUT2D eigenvalue weighted by Crippen LogP contribution is -2.48. The largest absolute Gasteiger partial charge is 0.469 e. The average Bonchev–Trinajstić information content (AvgIpc) is 2.84. The Hall–Kier alpha value is -0.830. The standard InChI is InChI=1S/C20H32O3/c1-13-5-6-14-11-15(7-9-19(13,14)2)20(3)10-8-16(21)12-17(20)18(22)23-4/h14-17,21H,1,5-12H2,2-4H3. The Kier molecular flexibility index (Phi) is 4.37. The van der Waals surface area contributed by atoms with Gasteiger partial charge in [-0.1, -0.05) is 26.0 Å². The molecule has 0 bridgehead atoms. The zero-order chi connectivity index (χ0) is 16.8. The molecule has 3 rings (SSSR count). The Balaban J connectivity index is 1.82. The van der Waals surface area contributed by atoms with Gasteiger partial charge in [0.25, 0.3) is 0 Å². The molecule has 130 valence electrons. The molecule has 3 saturated carbocycles. The van der Waals surface area contributed by atoms with Crippen LogP contribution in [0.4, 0.5) is 0 Å². The molecule has 0 aromatic carbocycles. The van der Waals surface area contributed by atoms with Crippen LogP contribution in [0.5, 0.6) is 0 Å². The van der Waals surface area contributed by atoms with Gasteiger partial charge >= 0.3 is 5.97 Å². The molecule has 3 heteroatoms. The first-order chi connectivity index (χ1) is 10.8. The summed E-state index contributed by atoms with van der Waals surface area (Å²) in [5, 5.41) is 10.1. The molecule has 23 heavy (non-hydrogen) atoms. The van der Waals surface area contributed by atoms with E-state index in [0.717, 1.165) is 18.8 Å². The lowest BCUT2D eigenvalue weighted by atomic mass is 9.53. The van der Waals surface area contributed by atoms with E-state index in [1.807, 2.05) is 0 Å². The number of carbonyl (C=O) groups excluding carboxylic acids is 1. The average molecular weight is 320 g/mol. The molecular weight excluding hydrogens is 288 g/mol. The Bertz CT molecular complexity index is 499. The van der Waals surface area contributed by atoms with Crippen molar-refractivity contribution in [1.82, 2.24) is 0 Å². The SMILES string of the molecule is C=C1CCC2CC(C3(C)CCC(O)CC3C(=O)OC)CCC12C. The molecule has 3 aliphatic carbocycles. The zero-order valence-electron chi connectivity index (χ0n) is 14.9. The summed E-state index contributed by atoms with van der Waals surface area (Å²) in [4.78, 5) is 12.4. The predicted octanol–water partition coefficient (Wildman–Crippen LogP) is 4.10. The quantitative estimate of drug-likeness (QED) is 0.615. The second kappa shape index (κ2) is 5.91. The van der Waals surface area contributed by atoms with Crippen molar-refractivity contribution in [3.05, 3.63) is 12.2 Å². The lowest BCUT2D eigenvalue weighted by molar-refractivity contribution is -0.159. The fraction of sp³-hybridized carbons (Fsp3) is 0.850. The first kappa shape index (κ1) is 17.0. The fourth-order valence-corrected chi connectivity index (χ4v) is 5.84. The Labute approximate surface area is 140 Å². The van der Waals surface area contributed by atoms with Crippen molar-refractivity contribution in [2.75, 3.05) is 7.11 Å². The summed E-state index contributed by atoms with van der Waals surface area (Å²) in [6, 6.07) is 0. The molecule has 0 heterocycles. The van der Waals surface area contributed by atoms with Crippen molar-refractivity contribution in [2.24, 2.45) is 28.6 Å². The Morgan fingerprint density at radius 2 is 1.91 bits per heavy atom. The van der Waals surface area contributed by atoms with Crippen molar-refractivity contribution in [1.29, 1.82) is 0 Å². The number of hydrogen-bond acceptors (Lipinski definition) is 3. The molecule has 6 unspecified atom stereocenters. The van der Waals surface area contributed by atoms with Crippen molar-refractivity contribution < 1.29 is 14.6 Å². The van der Waals surface area contributed by atoms with Crippen LogP contribution in [-0.4, -0.2) is 24.3 Å². The van der Waals surface area contributed by atoms with Crippen LogP contribution in [0.15, 0.2) is 12.2 Å². The van der Waals surface area contributed by atoms with Crippen molar-refractivity contribution in [3.8, 4) is 0 Å². The maximum absolute atomic E-state index is 12.4. The van der Waals surface area contributed by atoms with E-state index in [0.29, 0.717) is 17.8 Å². The third-order valence-electron chi connectivity index (χ3n) is 7.82. The highest BCUT2D eigenvalue weighted by molar-refractivity contribution is 5.73. The van der Waals surface area contributed by atoms with Gasteiger partial charge in [0.1, 0.15) is 0 Å². The monoisotopic (exact) mass is 320 g/mol. The number of carbonyl (C=O) groups is 1. The van der Waals surface area contributed by atoms with Gasteiger partial charge < -0.3 is 9.84 Å². The van der Waals surface area contributed by atoms with Crippen LogP contribution in [0.1, 0.15) is 65.2 Å². The molecule has 3 aliphatic rings. The zero-order valence-corrected chi connectivity index (χ0v) is 14.9. The van der Waals surface area contributed by atoms with Crippen LogP contribution in [-0.2, 0) is 9.53 Å². The number of aliphatic hydroxyl groups is 1. The second-order valence-corrected chi connectivity index (χ2v) is 8.74. The van der Waals surface area contributed by atoms with Crippen molar-refractivity contribution >= 4 is 5.97 Å². The van der Waals surface area contributed by atoms with Gasteiger partial charge in [0.2, 0.25) is 0 Å². The van der Waals surface area contributed by atoms with Crippen molar-refractivity contribution in [2.45, 2.75) is 71.3 Å². The highest BCUT2D eigenvalue weighted by Gasteiger charge is 2.54. The summed E-state index contributed by atoms with van der Waals surface area (Å²) in [5.41, 5.74) is 1.73. The summed E-state index contributed by atoms with van der Waals surface area (Å²) in [6.45, 7) is 9.00. The van der Waals surface area contributed by atoms with Gasteiger partial charge in [-0.3, -0.25) is 4.79 Å². The third-order valence-corrected chi connectivity index (χ3v) is 7.82. The van der Waals surface area contributed by atoms with E-state index in [2.05, 4.69) is 20.4 Å². The number of methoxy groups -OCH3 is 1. The summed E-state index contributed by atoms with van der Waals surface area (Å²) < 4.78 is 5.08. The second-order valence-electron chi connectivity index (χ2n) is 8.74. The van der Waals surface area contributed by atoms with Crippen LogP contribution in [0, 0.1) is 28.6 Å². The molecule has 3 nitrogen and oxygen atoms in total. The number of esters is 1. The number of rotatable bonds is 2. The predicted molar refractivity (Wildman–Crippen MR) is 90.8 cm³/mol. The Morgan fingerprint density at radius 1 is 1.17 bits per heavy atom. The first-order valence-corrected chi connectivity index (χ1v) is 9.25. The van der Waals surface area contributed by atoms with Gasteiger partial charge in [0.05, 0.1) is 19.1 Å². The van der Waals surface area contributed by atoms with E-state index in [1.165, 1.54) is 44.8 Å². The van der Waals surface area contributed by atoms with E-state index < -0.39 is 0 Å². The minimum Gasteiger partial charge on any atom is -0.469 e. The number of fused-ring (bicyclic) bond motifs is 1. The molecule has 0 radical (unpaired) electrons.